The molecule has 147 valence electrons. The Morgan fingerprint density at radius 1 is 1.15 bits per heavy atom. The van der Waals surface area contributed by atoms with E-state index in [1.165, 1.54) is 5.56 Å². The average molecular weight is 485 g/mol. The molecule has 2 saturated carbocycles. The molecule has 2 aliphatic carbocycles. The van der Waals surface area contributed by atoms with Gasteiger partial charge in [0.1, 0.15) is 6.10 Å². The number of unbranched alkanes of at least 4 members (excludes halogenated alkanes) is 1. The Morgan fingerprint density at radius 2 is 1.81 bits per heavy atom. The van der Waals surface area contributed by atoms with Crippen LogP contribution in [0.4, 0.5) is 0 Å². The number of benzene rings is 1. The Balaban J connectivity index is 0.00000261. The van der Waals surface area contributed by atoms with Crippen molar-refractivity contribution in [3.05, 3.63) is 54.5 Å². The fourth-order valence-electron chi connectivity index (χ4n) is 4.29. The van der Waals surface area contributed by atoms with Crippen LogP contribution in [0.5, 0.6) is 0 Å². The van der Waals surface area contributed by atoms with Crippen LogP contribution in [-0.2, 0) is 32.7 Å². The number of aliphatic hydroxyl groups excluding tert-OH is 1. The van der Waals surface area contributed by atoms with Gasteiger partial charge in [-0.05, 0) is 49.1 Å². The van der Waals surface area contributed by atoms with E-state index in [2.05, 4.69) is 19.1 Å². The molecule has 0 spiro atoms. The van der Waals surface area contributed by atoms with E-state index in [1.807, 2.05) is 24.3 Å². The number of rotatable bonds is 7. The number of hydrogen-bond acceptors (Lipinski definition) is 2. The van der Waals surface area contributed by atoms with Crippen molar-refractivity contribution >= 4 is 23.2 Å². The minimum atomic E-state index is -0.952. The van der Waals surface area contributed by atoms with Crippen molar-refractivity contribution in [1.29, 1.82) is 0 Å². The zero-order valence-electron chi connectivity index (χ0n) is 15.7. The van der Waals surface area contributed by atoms with E-state index in [9.17, 15) is 10.2 Å². The van der Waals surface area contributed by atoms with Gasteiger partial charge in [-0.3, -0.25) is 0 Å². The third kappa shape index (κ3) is 5.38. The summed E-state index contributed by atoms with van der Waals surface area (Å²) in [6.45, 7) is 3.86. The Kier molecular flexibility index (Phi) is 9.32. The molecule has 2 fully saturated rings. The first-order valence-electron chi connectivity index (χ1n) is 9.69. The SMILES string of the molecule is [CH2-]CC/C=C\CC1C(Cl)CC(Cl)C1c1ccc(C(O)C2(O)CCC2)cc1.[Y]. The average Bonchev–Trinajstić information content (AvgIpc) is 2.89. The largest absolute Gasteiger partial charge is 0.387 e. The number of allylic oxidation sites excluding steroid dienone is 2. The molecule has 1 radical (unpaired) electrons. The summed E-state index contributed by atoms with van der Waals surface area (Å²) in [7, 11) is 0. The standard InChI is InChI=1S/C22H29Cl2O2.Y/c1-2-3-4-5-7-17-18(23)14-19(24)20(17)15-8-10-16(11-9-15)21(25)22(26)12-6-13-22;/h4-5,8-11,17-21,25-26H,1-3,6-7,12-14H2;/q-1;/b5-4-;. The quantitative estimate of drug-likeness (QED) is 0.304. The summed E-state index contributed by atoms with van der Waals surface area (Å²) in [6, 6.07) is 7.94. The van der Waals surface area contributed by atoms with Crippen molar-refractivity contribution < 1.29 is 42.9 Å². The molecule has 27 heavy (non-hydrogen) atoms. The third-order valence-corrected chi connectivity index (χ3v) is 7.03. The van der Waals surface area contributed by atoms with Crippen molar-refractivity contribution in [2.75, 3.05) is 0 Å². The molecule has 0 aliphatic heterocycles. The van der Waals surface area contributed by atoms with Crippen molar-refractivity contribution in [1.82, 2.24) is 0 Å². The van der Waals surface area contributed by atoms with Gasteiger partial charge in [-0.15, -0.1) is 23.2 Å². The molecule has 1 aromatic carbocycles. The van der Waals surface area contributed by atoms with E-state index in [0.29, 0.717) is 18.8 Å². The molecule has 0 heterocycles. The molecule has 3 rings (SSSR count). The fourth-order valence-corrected chi connectivity index (χ4v) is 5.36. The zero-order chi connectivity index (χ0) is 18.7. The molecular weight excluding hydrogens is 456 g/mol. The summed E-state index contributed by atoms with van der Waals surface area (Å²) >= 11 is 13.2. The van der Waals surface area contributed by atoms with E-state index in [1.54, 1.807) is 0 Å². The van der Waals surface area contributed by atoms with Gasteiger partial charge >= 0.3 is 0 Å². The van der Waals surface area contributed by atoms with Gasteiger partial charge < -0.3 is 17.1 Å². The van der Waals surface area contributed by atoms with Crippen LogP contribution < -0.4 is 0 Å². The van der Waals surface area contributed by atoms with Gasteiger partial charge in [0.15, 0.2) is 0 Å². The second-order valence-electron chi connectivity index (χ2n) is 7.83. The number of alkyl halides is 2. The number of aliphatic hydroxyl groups is 2. The van der Waals surface area contributed by atoms with E-state index in [4.69, 9.17) is 23.2 Å². The molecule has 5 heteroatoms. The van der Waals surface area contributed by atoms with Crippen LogP contribution in [-0.4, -0.2) is 26.6 Å². The van der Waals surface area contributed by atoms with E-state index in [0.717, 1.165) is 37.7 Å². The molecule has 0 saturated heterocycles. The van der Waals surface area contributed by atoms with Crippen LogP contribution in [0.25, 0.3) is 0 Å². The predicted molar refractivity (Wildman–Crippen MR) is 109 cm³/mol. The molecule has 0 bridgehead atoms. The number of hydrogen-bond donors (Lipinski definition) is 2. The molecule has 0 amide bonds. The molecule has 5 unspecified atom stereocenters. The normalized spacial score (nSPS) is 30.7. The summed E-state index contributed by atoms with van der Waals surface area (Å²) in [5.74, 6) is 0.522. The minimum Gasteiger partial charge on any atom is -0.387 e. The van der Waals surface area contributed by atoms with Crippen LogP contribution in [0.3, 0.4) is 0 Å². The van der Waals surface area contributed by atoms with E-state index < -0.39 is 11.7 Å². The maximum absolute atomic E-state index is 10.5. The van der Waals surface area contributed by atoms with Gasteiger partial charge in [0.25, 0.3) is 0 Å². The predicted octanol–water partition coefficient (Wildman–Crippen LogP) is 5.51. The first-order valence-corrected chi connectivity index (χ1v) is 10.6. The minimum absolute atomic E-state index is 0. The van der Waals surface area contributed by atoms with Crippen LogP contribution in [0.1, 0.15) is 68.1 Å². The van der Waals surface area contributed by atoms with Gasteiger partial charge in [-0.25, -0.2) is 0 Å². The molecule has 2 nitrogen and oxygen atoms in total. The van der Waals surface area contributed by atoms with Gasteiger partial charge in [-0.2, -0.15) is 6.42 Å². The van der Waals surface area contributed by atoms with Gasteiger partial charge in [0.2, 0.25) is 0 Å². The monoisotopic (exact) mass is 484 g/mol. The maximum Gasteiger partial charge on any atom is 0.108 e. The Bertz CT molecular complexity index is 615. The van der Waals surface area contributed by atoms with Crippen LogP contribution in [0, 0.1) is 12.8 Å². The Hall–Kier alpha value is 0.564. The second kappa shape index (κ2) is 10.6. The van der Waals surface area contributed by atoms with Crippen LogP contribution >= 0.6 is 23.2 Å². The van der Waals surface area contributed by atoms with Crippen molar-refractivity contribution in [3.8, 4) is 0 Å². The van der Waals surface area contributed by atoms with Crippen LogP contribution in [0.2, 0.25) is 0 Å². The first kappa shape index (κ1) is 23.8. The second-order valence-corrected chi connectivity index (χ2v) is 8.95. The number of halogens is 2. The first-order chi connectivity index (χ1) is 12.5. The van der Waals surface area contributed by atoms with Gasteiger partial charge in [0.05, 0.1) is 5.60 Å². The smallest absolute Gasteiger partial charge is 0.108 e. The Labute approximate surface area is 198 Å². The van der Waals surface area contributed by atoms with Crippen molar-refractivity contribution in [2.24, 2.45) is 5.92 Å². The van der Waals surface area contributed by atoms with Gasteiger partial charge in [-0.1, -0.05) is 42.8 Å². The van der Waals surface area contributed by atoms with Crippen molar-refractivity contribution in [2.45, 2.75) is 73.3 Å². The molecule has 5 atom stereocenters. The molecule has 2 N–H and O–H groups in total. The molecule has 2 aliphatic rings. The summed E-state index contributed by atoms with van der Waals surface area (Å²) < 4.78 is 0. The fraction of sp³-hybridized carbons (Fsp3) is 0.591. The zero-order valence-corrected chi connectivity index (χ0v) is 20.1. The third-order valence-electron chi connectivity index (χ3n) is 6.08. The van der Waals surface area contributed by atoms with Gasteiger partial charge in [0, 0.05) is 49.4 Å². The summed E-state index contributed by atoms with van der Waals surface area (Å²) in [6.07, 6.45) is 9.50. The molecular formula is C22H29Cl2O2Y-. The summed E-state index contributed by atoms with van der Waals surface area (Å²) in [5, 5.41) is 20.9. The molecule has 1 aromatic rings. The summed E-state index contributed by atoms with van der Waals surface area (Å²) in [4.78, 5) is 0. The van der Waals surface area contributed by atoms with E-state index >= 15 is 0 Å². The summed E-state index contributed by atoms with van der Waals surface area (Å²) in [5.41, 5.74) is 0.988. The van der Waals surface area contributed by atoms with Crippen molar-refractivity contribution in [3.63, 3.8) is 0 Å². The van der Waals surface area contributed by atoms with Crippen LogP contribution in [0.15, 0.2) is 36.4 Å². The maximum atomic E-state index is 10.5. The topological polar surface area (TPSA) is 40.5 Å². The van der Waals surface area contributed by atoms with E-state index in [-0.39, 0.29) is 49.4 Å². The molecule has 0 aromatic heterocycles. The Morgan fingerprint density at radius 3 is 2.37 bits per heavy atom.